The summed E-state index contributed by atoms with van der Waals surface area (Å²) >= 11 is -4.75. The number of carbonyl (C=O) groups is 4. The number of benzene rings is 2. The topological polar surface area (TPSA) is 237 Å². The van der Waals surface area contributed by atoms with Gasteiger partial charge in [-0.15, -0.1) is 10.2 Å². The Bertz CT molecular complexity index is 3720. The van der Waals surface area contributed by atoms with E-state index in [1.807, 2.05) is 0 Å². The van der Waals surface area contributed by atoms with Gasteiger partial charge < -0.3 is 22.3 Å². The molecule has 0 saturated carbocycles. The maximum absolute atomic E-state index is 13.3. The number of carbonyl (C=O) groups excluding carboxylic acids is 4. The zero-order valence-corrected chi connectivity index (χ0v) is 65.1. The molecule has 4 heterocycles. The van der Waals surface area contributed by atoms with Gasteiger partial charge in [-0.05, 0) is 95.5 Å². The molecular weight excluding hydrogens is 1520 g/mol. The fraction of sp³-hybridized carbons (Fsp3) is 0.719. The number of rotatable bonds is 37. The standard InChI is InChI=1S/C32H26F12N8O12S6.2C16H36N/c1-3-47-17-7-5-15(63-68(58)22-25(55)51(13-31(39,40)41)70(61,62)52(26(22)56)14-32(42,43)44)9-19(17)65-27(47)45-46-28-48(4-2)18-8-6-16(10-20(18)66-28)67(57)64-21-23(53)49(11-29(33,34)35)69(59,60)50(24(21)54)12-30(36,37)38;2*1-5-9-13-17(14-10-6-2,15-11-7-3)16-12-8-4/h5-10,21-22H,3-4,11-14H2,1-2H3;2*5-16H2,1-4H3/q;2*+1/b45-27+,46-28+;;. The van der Waals surface area contributed by atoms with Crippen LogP contribution in [0.5, 0.6) is 5.75 Å². The zero-order valence-electron chi connectivity index (χ0n) is 60.2. The van der Waals surface area contributed by atoms with Crippen LogP contribution < -0.4 is 13.8 Å². The van der Waals surface area contributed by atoms with E-state index in [0.29, 0.717) is 11.0 Å². The summed E-state index contributed by atoms with van der Waals surface area (Å²) in [6.07, 6.45) is -2.96. The largest absolute Gasteiger partial charge is 0.407 e. The summed E-state index contributed by atoms with van der Waals surface area (Å²) in [7, 11) is -12.1. The summed E-state index contributed by atoms with van der Waals surface area (Å²) in [5.41, 5.74) is 0.724. The zero-order chi connectivity index (χ0) is 78.4. The van der Waals surface area contributed by atoms with Crippen LogP contribution >= 0.6 is 22.7 Å². The number of thiazole rings is 2. The minimum atomic E-state index is -6.06. The average molecular weight is 1620 g/mol. The number of amides is 4. The van der Waals surface area contributed by atoms with Crippen molar-refractivity contribution in [1.29, 1.82) is 0 Å². The molecule has 2 atom stereocenters. The Morgan fingerprint density at radius 2 is 0.731 bits per heavy atom. The molecule has 0 radical (unpaired) electrons. The maximum Gasteiger partial charge on any atom is 0.407 e. The van der Waals surface area contributed by atoms with Crippen LogP contribution in [0.2, 0.25) is 0 Å². The molecule has 0 aliphatic carbocycles. The number of aryl methyl sites for hydroxylation is 2. The van der Waals surface area contributed by atoms with Gasteiger partial charge in [0.2, 0.25) is 32.0 Å². The lowest BCUT2D eigenvalue weighted by atomic mass is 10.1. The first-order chi connectivity index (χ1) is 48.6. The minimum Gasteiger partial charge on any atom is -0.400 e. The first-order valence-corrected chi connectivity index (χ1v) is 41.5. The Morgan fingerprint density at radius 1 is 0.442 bits per heavy atom. The van der Waals surface area contributed by atoms with Crippen molar-refractivity contribution in [3.63, 3.8) is 0 Å². The Hall–Kier alpha value is -5.26. The van der Waals surface area contributed by atoms with E-state index < -0.39 is 156 Å². The van der Waals surface area contributed by atoms with E-state index in [1.165, 1.54) is 176 Å². The Morgan fingerprint density at radius 3 is 1.02 bits per heavy atom. The van der Waals surface area contributed by atoms with E-state index in [2.05, 4.69) is 65.6 Å². The Labute approximate surface area is 613 Å². The molecule has 2 aromatic carbocycles. The van der Waals surface area contributed by atoms with Crippen LogP contribution in [-0.4, -0.2) is 199 Å². The van der Waals surface area contributed by atoms with E-state index in [9.17, 15) is 97.1 Å². The van der Waals surface area contributed by atoms with Crippen LogP contribution in [0.25, 0.3) is 20.4 Å². The van der Waals surface area contributed by atoms with Crippen molar-refractivity contribution < 1.29 is 114 Å². The number of halogens is 12. The van der Waals surface area contributed by atoms with Crippen LogP contribution in [0.1, 0.15) is 172 Å². The lowest BCUT2D eigenvalue weighted by Gasteiger charge is -2.39. The van der Waals surface area contributed by atoms with Crippen molar-refractivity contribution in [3.05, 3.63) is 46.0 Å². The van der Waals surface area contributed by atoms with Gasteiger partial charge in [0.1, 0.15) is 31.9 Å². The minimum absolute atomic E-state index is 0.122. The third kappa shape index (κ3) is 25.7. The lowest BCUT2D eigenvalue weighted by molar-refractivity contribution is -0.929. The number of unbranched alkanes of at least 4 members (excludes halogenated alkanes) is 8. The molecular formula is C64H98F12N10O12S6+2. The van der Waals surface area contributed by atoms with Crippen LogP contribution in [0.4, 0.5) is 52.7 Å². The van der Waals surface area contributed by atoms with Crippen LogP contribution in [0, 0.1) is 0 Å². The average Bonchev–Trinajstić information content (AvgIpc) is 1.02. The Balaban J connectivity index is 0.000000551. The summed E-state index contributed by atoms with van der Waals surface area (Å²) in [5, 5.41) is 5.52. The van der Waals surface area contributed by atoms with Gasteiger partial charge in [-0.1, -0.05) is 129 Å². The molecule has 4 amide bonds. The van der Waals surface area contributed by atoms with Gasteiger partial charge in [0, 0.05) is 19.2 Å². The molecule has 2 aliphatic rings. The quantitative estimate of drug-likeness (QED) is 0.0177. The van der Waals surface area contributed by atoms with E-state index >= 15 is 0 Å². The first-order valence-electron chi connectivity index (χ1n) is 34.8. The maximum atomic E-state index is 13.3. The number of hydrogen-bond donors (Lipinski definition) is 0. The molecule has 2 saturated heterocycles. The fourth-order valence-electron chi connectivity index (χ4n) is 11.7. The molecule has 2 unspecified atom stereocenters. The highest BCUT2D eigenvalue weighted by atomic mass is 32.2. The second kappa shape index (κ2) is 40.3. The van der Waals surface area contributed by atoms with Gasteiger partial charge in [-0.25, -0.2) is 25.6 Å². The lowest BCUT2D eigenvalue weighted by Crippen LogP contribution is -2.66. The van der Waals surface area contributed by atoms with Crippen LogP contribution in [0.3, 0.4) is 0 Å². The number of hydrogen-bond acceptors (Lipinski definition) is 16. The number of aromatic nitrogens is 2. The summed E-state index contributed by atoms with van der Waals surface area (Å²) in [5.74, 6) is -9.57. The summed E-state index contributed by atoms with van der Waals surface area (Å²) < 4.78 is 248. The molecule has 2 fully saturated rings. The molecule has 22 nitrogen and oxygen atoms in total. The summed E-state index contributed by atoms with van der Waals surface area (Å²) in [6.45, 7) is 23.0. The SMILES string of the molecule is CCCC[N+](CCCC)(CCCC)CCCC.CCCC[N+](CCCC)(CCCC)CCCC.CCn1/c(=N\N=c2\sc3cc(S(=O)OC4C(=O)N(CC(F)(F)F)S(=O)(=O)N(CC(F)(F)F)C4=O)ccc3n2CC)sc2cc(OS(=O)C3C(=O)N(CC(F)(F)F)S(=O)(=O)N(CC(F)(F)F)C3=O)ccc21. The predicted molar refractivity (Wildman–Crippen MR) is 374 cm³/mol. The van der Waals surface area contributed by atoms with Gasteiger partial charge in [0.05, 0.1) is 77.7 Å². The van der Waals surface area contributed by atoms with Crippen molar-refractivity contribution in [2.45, 2.75) is 226 Å². The molecule has 0 bridgehead atoms. The molecule has 2 aliphatic heterocycles. The third-order valence-electron chi connectivity index (χ3n) is 17.1. The van der Waals surface area contributed by atoms with E-state index in [4.69, 9.17) is 8.37 Å². The van der Waals surface area contributed by atoms with Gasteiger partial charge in [0.15, 0.2) is 11.1 Å². The van der Waals surface area contributed by atoms with Gasteiger partial charge >= 0.3 is 45.1 Å². The van der Waals surface area contributed by atoms with E-state index in [1.54, 1.807) is 23.0 Å². The van der Waals surface area contributed by atoms with Gasteiger partial charge in [-0.3, -0.25) is 23.4 Å². The summed E-state index contributed by atoms with van der Waals surface area (Å²) in [6, 6.07) is 7.03. The molecule has 0 spiro atoms. The molecule has 6 rings (SSSR count). The number of fused-ring (bicyclic) bond motifs is 2. The van der Waals surface area contributed by atoms with E-state index in [0.717, 1.165) is 46.9 Å². The highest BCUT2D eigenvalue weighted by molar-refractivity contribution is 7.89. The highest BCUT2D eigenvalue weighted by Gasteiger charge is 2.59. The monoisotopic (exact) mass is 1620 g/mol. The molecule has 594 valence electrons. The second-order valence-corrected chi connectivity index (χ2v) is 33.2. The second-order valence-electron chi connectivity index (χ2n) is 25.3. The normalized spacial score (nSPS) is 16.9. The smallest absolute Gasteiger partial charge is 0.400 e. The molecule has 4 aromatic rings. The Kier molecular flexibility index (Phi) is 35.3. The summed E-state index contributed by atoms with van der Waals surface area (Å²) in [4.78, 5) is 51.4. The van der Waals surface area contributed by atoms with E-state index in [-0.39, 0.29) is 32.1 Å². The van der Waals surface area contributed by atoms with Crippen molar-refractivity contribution in [3.8, 4) is 5.75 Å². The van der Waals surface area contributed by atoms with Crippen LogP contribution in [0.15, 0.2) is 51.5 Å². The third-order valence-corrected chi connectivity index (χ3v) is 24.8. The van der Waals surface area contributed by atoms with Crippen molar-refractivity contribution in [2.24, 2.45) is 10.2 Å². The van der Waals surface area contributed by atoms with Crippen molar-refractivity contribution in [1.82, 2.24) is 26.4 Å². The van der Waals surface area contributed by atoms with Crippen molar-refractivity contribution in [2.75, 3.05) is 78.5 Å². The predicted octanol–water partition coefficient (Wildman–Crippen LogP) is 13.1. The van der Waals surface area contributed by atoms with Gasteiger partial charge in [0.25, 0.3) is 23.6 Å². The molecule has 40 heteroatoms. The van der Waals surface area contributed by atoms with Crippen LogP contribution in [-0.2, 0) is 79.0 Å². The number of alkyl halides is 12. The molecule has 104 heavy (non-hydrogen) atoms. The fourth-order valence-corrected chi connectivity index (χ4v) is 18.9. The molecule has 2 aromatic heterocycles. The first kappa shape index (κ1) is 91.1. The van der Waals surface area contributed by atoms with Crippen molar-refractivity contribution >= 4 is 109 Å². The number of quaternary nitrogens is 2. The molecule has 0 N–H and O–H groups in total. The highest BCUT2D eigenvalue weighted by Crippen LogP contribution is 2.34. The van der Waals surface area contributed by atoms with Gasteiger partial charge in [-0.2, -0.15) is 69.5 Å². The number of nitrogens with zero attached hydrogens (tertiary/aromatic N) is 10.